The van der Waals surface area contributed by atoms with E-state index in [0.717, 1.165) is 5.69 Å². The molecule has 0 spiro atoms. The van der Waals surface area contributed by atoms with E-state index in [-0.39, 0.29) is 0 Å². The molecule has 3 nitrogen and oxygen atoms in total. The number of hydrogen-bond donors (Lipinski definition) is 0. The predicted octanol–water partition coefficient (Wildman–Crippen LogP) is 2.66. The molecule has 1 aromatic heterocycles. The van der Waals surface area contributed by atoms with Crippen LogP contribution in [-0.2, 0) is 5.88 Å². The normalized spacial score (nSPS) is 10.4. The van der Waals surface area contributed by atoms with Gasteiger partial charge in [0.05, 0.1) is 11.6 Å². The minimum absolute atomic E-state index is 0.313. The summed E-state index contributed by atoms with van der Waals surface area (Å²) in [7, 11) is 0. The van der Waals surface area contributed by atoms with Crippen LogP contribution in [0, 0.1) is 0 Å². The molecule has 72 valence electrons. The Bertz CT molecular complexity index is 439. The first-order chi connectivity index (χ1) is 6.79. The van der Waals surface area contributed by atoms with Crippen LogP contribution in [0.1, 0.15) is 5.82 Å². The number of rotatable bonds is 2. The van der Waals surface area contributed by atoms with E-state index in [9.17, 15) is 0 Å². The van der Waals surface area contributed by atoms with E-state index in [2.05, 4.69) is 10.1 Å². The molecule has 1 aromatic carbocycles. The van der Waals surface area contributed by atoms with Crippen molar-refractivity contribution in [2.45, 2.75) is 5.88 Å². The summed E-state index contributed by atoms with van der Waals surface area (Å²) in [4.78, 5) is 4.02. The second-order valence-corrected chi connectivity index (χ2v) is 3.42. The van der Waals surface area contributed by atoms with E-state index in [1.54, 1.807) is 11.0 Å². The summed E-state index contributed by atoms with van der Waals surface area (Å²) in [5.74, 6) is 0.916. The van der Waals surface area contributed by atoms with E-state index in [4.69, 9.17) is 23.2 Å². The van der Waals surface area contributed by atoms with E-state index in [1.165, 1.54) is 0 Å². The first-order valence-electron chi connectivity index (χ1n) is 4.02. The van der Waals surface area contributed by atoms with Crippen molar-refractivity contribution in [3.05, 3.63) is 41.4 Å². The van der Waals surface area contributed by atoms with Crippen LogP contribution in [0.4, 0.5) is 0 Å². The van der Waals surface area contributed by atoms with Crippen LogP contribution in [0.2, 0.25) is 5.02 Å². The van der Waals surface area contributed by atoms with Crippen LogP contribution in [0.5, 0.6) is 0 Å². The van der Waals surface area contributed by atoms with Gasteiger partial charge in [-0.25, -0.2) is 9.67 Å². The van der Waals surface area contributed by atoms with Crippen molar-refractivity contribution in [2.24, 2.45) is 0 Å². The lowest BCUT2D eigenvalue weighted by molar-refractivity contribution is 0.859. The second kappa shape index (κ2) is 3.98. The molecule has 0 unspecified atom stereocenters. The Morgan fingerprint density at radius 3 is 2.86 bits per heavy atom. The summed E-state index contributed by atoms with van der Waals surface area (Å²) in [5, 5.41) is 4.83. The smallest absolute Gasteiger partial charge is 0.165 e. The zero-order valence-electron chi connectivity index (χ0n) is 7.19. The molecule has 0 N–H and O–H groups in total. The average molecular weight is 228 g/mol. The molecule has 0 aliphatic heterocycles. The number of nitrogens with zero attached hydrogens (tertiary/aromatic N) is 3. The Balaban J connectivity index is 2.39. The maximum atomic E-state index is 5.85. The van der Waals surface area contributed by atoms with Gasteiger partial charge in [-0.3, -0.25) is 0 Å². The Morgan fingerprint density at radius 2 is 2.21 bits per heavy atom. The van der Waals surface area contributed by atoms with Crippen molar-refractivity contribution >= 4 is 23.2 Å². The molecule has 5 heteroatoms. The molecule has 0 saturated heterocycles. The Labute approximate surface area is 91.3 Å². The highest BCUT2D eigenvalue weighted by Crippen LogP contribution is 2.13. The summed E-state index contributed by atoms with van der Waals surface area (Å²) >= 11 is 11.4. The fraction of sp³-hybridized carbons (Fsp3) is 0.111. The third-order valence-electron chi connectivity index (χ3n) is 1.73. The van der Waals surface area contributed by atoms with Gasteiger partial charge in [-0.15, -0.1) is 11.6 Å². The van der Waals surface area contributed by atoms with Gasteiger partial charge in [-0.2, -0.15) is 5.10 Å². The monoisotopic (exact) mass is 227 g/mol. The summed E-state index contributed by atoms with van der Waals surface area (Å²) < 4.78 is 1.64. The summed E-state index contributed by atoms with van der Waals surface area (Å²) in [6.07, 6.45) is 1.61. The minimum Gasteiger partial charge on any atom is -0.221 e. The third kappa shape index (κ3) is 1.89. The molecule has 0 bridgehead atoms. The van der Waals surface area contributed by atoms with Crippen molar-refractivity contribution in [3.63, 3.8) is 0 Å². The van der Waals surface area contributed by atoms with E-state index < -0.39 is 0 Å². The molecule has 0 atom stereocenters. The van der Waals surface area contributed by atoms with Crippen LogP contribution in [0.25, 0.3) is 5.69 Å². The molecule has 14 heavy (non-hydrogen) atoms. The van der Waals surface area contributed by atoms with E-state index in [1.807, 2.05) is 24.3 Å². The number of alkyl halides is 1. The highest BCUT2D eigenvalue weighted by atomic mass is 35.5. The maximum absolute atomic E-state index is 5.85. The van der Waals surface area contributed by atoms with Gasteiger partial charge in [0.25, 0.3) is 0 Å². The molecule has 0 radical (unpaired) electrons. The molecular formula is C9H7Cl2N3. The Kier molecular flexibility index (Phi) is 2.70. The standard InChI is InChI=1S/C9H7Cl2N3/c10-5-9-12-6-14(13-9)8-3-1-2-7(11)4-8/h1-4,6H,5H2. The third-order valence-corrected chi connectivity index (χ3v) is 2.21. The number of halogens is 2. The first kappa shape index (κ1) is 9.49. The molecule has 0 aliphatic carbocycles. The van der Waals surface area contributed by atoms with Crippen LogP contribution in [0.3, 0.4) is 0 Å². The molecule has 2 aromatic rings. The van der Waals surface area contributed by atoms with Gasteiger partial charge >= 0.3 is 0 Å². The van der Waals surface area contributed by atoms with Crippen LogP contribution < -0.4 is 0 Å². The van der Waals surface area contributed by atoms with Crippen molar-refractivity contribution < 1.29 is 0 Å². The summed E-state index contributed by atoms with van der Waals surface area (Å²) in [5.41, 5.74) is 0.876. The van der Waals surface area contributed by atoms with Crippen molar-refractivity contribution in [1.82, 2.24) is 14.8 Å². The van der Waals surface area contributed by atoms with Gasteiger partial charge in [-0.05, 0) is 18.2 Å². The van der Waals surface area contributed by atoms with Crippen LogP contribution in [-0.4, -0.2) is 14.8 Å². The zero-order chi connectivity index (χ0) is 9.97. The lowest BCUT2D eigenvalue weighted by Gasteiger charge is -1.99. The molecular weight excluding hydrogens is 221 g/mol. The number of hydrogen-bond acceptors (Lipinski definition) is 2. The Morgan fingerprint density at radius 1 is 1.36 bits per heavy atom. The van der Waals surface area contributed by atoms with Gasteiger partial charge < -0.3 is 0 Å². The molecule has 2 rings (SSSR count). The van der Waals surface area contributed by atoms with Crippen molar-refractivity contribution in [3.8, 4) is 5.69 Å². The van der Waals surface area contributed by atoms with E-state index >= 15 is 0 Å². The van der Waals surface area contributed by atoms with Gasteiger partial charge in [0.2, 0.25) is 0 Å². The van der Waals surface area contributed by atoms with E-state index in [0.29, 0.717) is 16.7 Å². The largest absolute Gasteiger partial charge is 0.221 e. The molecule has 0 aliphatic rings. The zero-order valence-corrected chi connectivity index (χ0v) is 8.70. The maximum Gasteiger partial charge on any atom is 0.165 e. The van der Waals surface area contributed by atoms with Crippen LogP contribution in [0.15, 0.2) is 30.6 Å². The van der Waals surface area contributed by atoms with Gasteiger partial charge in [0, 0.05) is 5.02 Å². The van der Waals surface area contributed by atoms with Gasteiger partial charge in [0.1, 0.15) is 6.33 Å². The lowest BCUT2D eigenvalue weighted by atomic mass is 10.3. The second-order valence-electron chi connectivity index (χ2n) is 2.72. The quantitative estimate of drug-likeness (QED) is 0.739. The van der Waals surface area contributed by atoms with Crippen molar-refractivity contribution in [1.29, 1.82) is 0 Å². The number of aromatic nitrogens is 3. The minimum atomic E-state index is 0.313. The lowest BCUT2D eigenvalue weighted by Crippen LogP contribution is -1.94. The highest BCUT2D eigenvalue weighted by molar-refractivity contribution is 6.30. The predicted molar refractivity (Wildman–Crippen MR) is 55.9 cm³/mol. The average Bonchev–Trinajstić information content (AvgIpc) is 2.66. The van der Waals surface area contributed by atoms with Gasteiger partial charge in [-0.1, -0.05) is 17.7 Å². The fourth-order valence-corrected chi connectivity index (χ4v) is 1.41. The van der Waals surface area contributed by atoms with Crippen molar-refractivity contribution in [2.75, 3.05) is 0 Å². The molecule has 1 heterocycles. The van der Waals surface area contributed by atoms with Crippen LogP contribution >= 0.6 is 23.2 Å². The molecule has 0 amide bonds. The molecule has 0 saturated carbocycles. The molecule has 0 fully saturated rings. The fourth-order valence-electron chi connectivity index (χ4n) is 1.10. The summed E-state index contributed by atoms with van der Waals surface area (Å²) in [6.45, 7) is 0. The highest BCUT2D eigenvalue weighted by Gasteiger charge is 2.01. The SMILES string of the molecule is ClCc1ncn(-c2cccc(Cl)c2)n1. The number of benzene rings is 1. The summed E-state index contributed by atoms with van der Waals surface area (Å²) in [6, 6.07) is 7.39. The van der Waals surface area contributed by atoms with Gasteiger partial charge in [0.15, 0.2) is 5.82 Å². The Hall–Kier alpha value is -1.06. The topological polar surface area (TPSA) is 30.7 Å². The first-order valence-corrected chi connectivity index (χ1v) is 4.93.